The number of amides is 2. The van der Waals surface area contributed by atoms with Crippen molar-refractivity contribution in [1.82, 2.24) is 4.90 Å². The Morgan fingerprint density at radius 2 is 1.86 bits per heavy atom. The van der Waals surface area contributed by atoms with Crippen molar-refractivity contribution >= 4 is 23.3 Å². The van der Waals surface area contributed by atoms with Crippen molar-refractivity contribution in [3.8, 4) is 11.5 Å². The molecular weight excluding hydrogens is 476 g/mol. The van der Waals surface area contributed by atoms with Gasteiger partial charge in [0.2, 0.25) is 0 Å². The molecule has 9 heteroatoms. The smallest absolute Gasteiger partial charge is 0.289 e. The van der Waals surface area contributed by atoms with Gasteiger partial charge in [0.1, 0.15) is 17.3 Å². The van der Waals surface area contributed by atoms with Gasteiger partial charge in [0, 0.05) is 18.7 Å². The second kappa shape index (κ2) is 10.9. The Morgan fingerprint density at radius 3 is 2.68 bits per heavy atom. The number of fused-ring (bicyclic) bond motifs is 1. The number of hydrogen-bond acceptors (Lipinski definition) is 7. The quantitative estimate of drug-likeness (QED) is 0.433. The van der Waals surface area contributed by atoms with Gasteiger partial charge in [-0.1, -0.05) is 19.1 Å². The average molecular weight is 505 g/mol. The van der Waals surface area contributed by atoms with Gasteiger partial charge in [-0.3, -0.25) is 19.3 Å². The predicted octanol–water partition coefficient (Wildman–Crippen LogP) is 3.50. The highest BCUT2D eigenvalue weighted by Crippen LogP contribution is 2.34. The third-order valence-corrected chi connectivity index (χ3v) is 6.39. The Kier molecular flexibility index (Phi) is 7.23. The van der Waals surface area contributed by atoms with Crippen LogP contribution < -0.4 is 14.4 Å². The molecule has 2 aliphatic heterocycles. The largest absolute Gasteiger partial charge is 0.485 e. The summed E-state index contributed by atoms with van der Waals surface area (Å²) in [6.45, 7) is 3.90. The van der Waals surface area contributed by atoms with E-state index in [4.69, 9.17) is 18.6 Å². The van der Waals surface area contributed by atoms with Crippen LogP contribution in [0.2, 0.25) is 0 Å². The molecule has 1 saturated heterocycles. The number of anilines is 1. The van der Waals surface area contributed by atoms with Crippen molar-refractivity contribution < 1.29 is 33.0 Å². The van der Waals surface area contributed by atoms with E-state index in [0.717, 1.165) is 12.0 Å². The number of hydrogen-bond donors (Lipinski definition) is 0. The Morgan fingerprint density at radius 1 is 1.03 bits per heavy atom. The van der Waals surface area contributed by atoms with E-state index in [1.165, 1.54) is 4.90 Å². The molecule has 0 bridgehead atoms. The first kappa shape index (κ1) is 24.6. The average Bonchev–Trinajstić information content (AvgIpc) is 3.42. The summed E-state index contributed by atoms with van der Waals surface area (Å²) in [5, 5.41) is 0. The monoisotopic (exact) mass is 504 g/mol. The molecule has 1 fully saturated rings. The molecular formula is C28H28N2O7. The van der Waals surface area contributed by atoms with Crippen molar-refractivity contribution in [2.75, 3.05) is 44.4 Å². The molecule has 0 N–H and O–H groups in total. The SMILES string of the molecule is CCc1cccc(OCC(=O)c2ccc3c(c2)N(Cc2ccc(C(=O)N4CCOCC4)o2)C(=O)CO3)c1. The number of carbonyl (C=O) groups is 3. The lowest BCUT2D eigenvalue weighted by atomic mass is 10.1. The van der Waals surface area contributed by atoms with Gasteiger partial charge in [0.15, 0.2) is 24.8 Å². The van der Waals surface area contributed by atoms with Crippen LogP contribution in [0.4, 0.5) is 5.69 Å². The molecule has 5 rings (SSSR count). The predicted molar refractivity (Wildman–Crippen MR) is 134 cm³/mol. The van der Waals surface area contributed by atoms with Crippen LogP contribution >= 0.6 is 0 Å². The first-order valence-electron chi connectivity index (χ1n) is 12.3. The van der Waals surface area contributed by atoms with Crippen LogP contribution in [0.15, 0.2) is 59.0 Å². The lowest BCUT2D eigenvalue weighted by Crippen LogP contribution is -2.40. The highest BCUT2D eigenvalue weighted by atomic mass is 16.5. The van der Waals surface area contributed by atoms with Crippen LogP contribution in [0.25, 0.3) is 0 Å². The molecule has 0 spiro atoms. The maximum absolute atomic E-state index is 12.9. The summed E-state index contributed by atoms with van der Waals surface area (Å²) in [6, 6.07) is 15.9. The van der Waals surface area contributed by atoms with Gasteiger partial charge in [-0.2, -0.15) is 0 Å². The Labute approximate surface area is 214 Å². The maximum Gasteiger partial charge on any atom is 0.289 e. The zero-order valence-corrected chi connectivity index (χ0v) is 20.6. The van der Waals surface area contributed by atoms with E-state index in [0.29, 0.717) is 54.8 Å². The molecule has 0 atom stereocenters. The Hall–Kier alpha value is -4.11. The van der Waals surface area contributed by atoms with Crippen molar-refractivity contribution in [1.29, 1.82) is 0 Å². The van der Waals surface area contributed by atoms with Crippen LogP contribution in [-0.4, -0.2) is 62.0 Å². The third kappa shape index (κ3) is 5.51. The Bertz CT molecular complexity index is 1310. The standard InChI is InChI=1S/C28H28N2O7/c1-2-19-4-3-5-21(14-19)35-17-24(31)20-6-8-25-23(15-20)30(27(32)18-36-25)16-22-7-9-26(37-22)28(33)29-10-12-34-13-11-29/h3-9,14-15H,2,10-13,16-18H2,1H3. The number of nitrogens with zero attached hydrogens (tertiary/aromatic N) is 2. The second-order valence-corrected chi connectivity index (χ2v) is 8.83. The molecule has 1 aromatic heterocycles. The third-order valence-electron chi connectivity index (χ3n) is 6.39. The van der Waals surface area contributed by atoms with Gasteiger partial charge in [-0.15, -0.1) is 0 Å². The summed E-state index contributed by atoms with van der Waals surface area (Å²) < 4.78 is 22.4. The highest BCUT2D eigenvalue weighted by Gasteiger charge is 2.29. The number of Topliss-reactive ketones (excluding diaryl/α,β-unsaturated/α-hetero) is 1. The van der Waals surface area contributed by atoms with E-state index < -0.39 is 0 Å². The fourth-order valence-corrected chi connectivity index (χ4v) is 4.29. The fraction of sp³-hybridized carbons (Fsp3) is 0.321. The zero-order valence-electron chi connectivity index (χ0n) is 20.6. The van der Waals surface area contributed by atoms with E-state index in [2.05, 4.69) is 6.92 Å². The van der Waals surface area contributed by atoms with Crippen LogP contribution in [0.5, 0.6) is 11.5 Å². The van der Waals surface area contributed by atoms with Crippen LogP contribution in [-0.2, 0) is 22.5 Å². The minimum atomic E-state index is -0.276. The summed E-state index contributed by atoms with van der Waals surface area (Å²) in [5.74, 6) is 1.08. The number of carbonyl (C=O) groups excluding carboxylic acids is 3. The lowest BCUT2D eigenvalue weighted by Gasteiger charge is -2.29. The lowest BCUT2D eigenvalue weighted by molar-refractivity contribution is -0.121. The number of ether oxygens (including phenoxy) is 3. The molecule has 192 valence electrons. The van der Waals surface area contributed by atoms with Crippen molar-refractivity contribution in [2.45, 2.75) is 19.9 Å². The first-order chi connectivity index (χ1) is 18.0. The summed E-state index contributed by atoms with van der Waals surface area (Å²) >= 11 is 0. The highest BCUT2D eigenvalue weighted by molar-refractivity contribution is 6.02. The van der Waals surface area contributed by atoms with Gasteiger partial charge in [-0.25, -0.2) is 0 Å². The van der Waals surface area contributed by atoms with Crippen molar-refractivity contribution in [2.24, 2.45) is 0 Å². The van der Waals surface area contributed by atoms with Crippen molar-refractivity contribution in [3.63, 3.8) is 0 Å². The molecule has 0 saturated carbocycles. The molecule has 3 aromatic rings. The minimum Gasteiger partial charge on any atom is -0.485 e. The molecule has 2 aromatic carbocycles. The van der Waals surface area contributed by atoms with Gasteiger partial charge >= 0.3 is 0 Å². The topological polar surface area (TPSA) is 98.5 Å². The number of benzene rings is 2. The van der Waals surface area contributed by atoms with Crippen molar-refractivity contribution in [3.05, 3.63) is 77.2 Å². The zero-order chi connectivity index (χ0) is 25.8. The normalized spacial score (nSPS) is 15.2. The summed E-state index contributed by atoms with van der Waals surface area (Å²) in [4.78, 5) is 41.6. The van der Waals surface area contributed by atoms with Crippen LogP contribution in [0.3, 0.4) is 0 Å². The van der Waals surface area contributed by atoms with Crippen LogP contribution in [0.1, 0.15) is 39.2 Å². The van der Waals surface area contributed by atoms with E-state index in [9.17, 15) is 14.4 Å². The van der Waals surface area contributed by atoms with E-state index in [1.807, 2.05) is 24.3 Å². The molecule has 37 heavy (non-hydrogen) atoms. The maximum atomic E-state index is 12.9. The summed E-state index contributed by atoms with van der Waals surface area (Å²) in [5.41, 5.74) is 1.99. The van der Waals surface area contributed by atoms with E-state index in [-0.39, 0.29) is 43.1 Å². The molecule has 9 nitrogen and oxygen atoms in total. The number of morpholine rings is 1. The van der Waals surface area contributed by atoms with Gasteiger partial charge < -0.3 is 23.5 Å². The molecule has 0 aliphatic carbocycles. The number of rotatable bonds is 8. The Balaban J connectivity index is 1.30. The van der Waals surface area contributed by atoms with E-state index >= 15 is 0 Å². The van der Waals surface area contributed by atoms with Gasteiger partial charge in [0.05, 0.1) is 25.4 Å². The van der Waals surface area contributed by atoms with Gasteiger partial charge in [-0.05, 0) is 54.4 Å². The van der Waals surface area contributed by atoms with Gasteiger partial charge in [0.25, 0.3) is 11.8 Å². The number of aryl methyl sites for hydroxylation is 1. The molecule has 2 aliphatic rings. The van der Waals surface area contributed by atoms with E-state index in [1.54, 1.807) is 35.2 Å². The molecule has 3 heterocycles. The molecule has 2 amide bonds. The minimum absolute atomic E-state index is 0.101. The second-order valence-electron chi connectivity index (χ2n) is 8.83. The number of furan rings is 1. The number of ketones is 1. The fourth-order valence-electron chi connectivity index (χ4n) is 4.29. The molecule has 0 radical (unpaired) electrons. The molecule has 0 unspecified atom stereocenters. The summed E-state index contributed by atoms with van der Waals surface area (Å²) in [6.07, 6.45) is 0.873. The van der Waals surface area contributed by atoms with Crippen LogP contribution in [0, 0.1) is 0 Å². The summed E-state index contributed by atoms with van der Waals surface area (Å²) in [7, 11) is 0. The first-order valence-corrected chi connectivity index (χ1v) is 12.3.